The van der Waals surface area contributed by atoms with Gasteiger partial charge >= 0.3 is 6.18 Å². The van der Waals surface area contributed by atoms with Crippen molar-refractivity contribution < 1.29 is 33.0 Å². The summed E-state index contributed by atoms with van der Waals surface area (Å²) in [6.45, 7) is 0. The average Bonchev–Trinajstić information content (AvgIpc) is 2.40. The number of alkyl halides is 3. The Balaban J connectivity index is 0.000000224. The highest BCUT2D eigenvalue weighted by Crippen LogP contribution is 2.11. The number of H-pyrrole nitrogens is 2. The highest BCUT2D eigenvalue weighted by molar-refractivity contribution is 5.70. The molecule has 2 aromatic rings. The zero-order chi connectivity index (χ0) is 14.3. The zero-order valence-corrected chi connectivity index (χ0v) is 9.57. The molecule has 0 aliphatic carbocycles. The number of hydrogen-bond acceptors (Lipinski definition) is 2. The minimum Gasteiger partial charge on any atom is -0.542 e. The molecule has 19 heavy (non-hydrogen) atoms. The maximum atomic E-state index is 10.5. The predicted molar refractivity (Wildman–Crippen MR) is 56.1 cm³/mol. The third-order valence-corrected chi connectivity index (χ3v) is 1.94. The maximum absolute atomic E-state index is 10.5. The first-order valence-electron chi connectivity index (χ1n) is 5.13. The van der Waals surface area contributed by atoms with Gasteiger partial charge in [-0.3, -0.25) is 0 Å². The van der Waals surface area contributed by atoms with Crippen LogP contribution < -0.4 is 15.1 Å². The van der Waals surface area contributed by atoms with Gasteiger partial charge in [0.2, 0.25) is 0 Å². The van der Waals surface area contributed by atoms with Crippen molar-refractivity contribution >= 4 is 5.97 Å². The number of aromatic amines is 2. The lowest BCUT2D eigenvalue weighted by Gasteiger charge is -2.03. The summed E-state index contributed by atoms with van der Waals surface area (Å²) in [4.78, 5) is 15.1. The third-order valence-electron chi connectivity index (χ3n) is 1.94. The van der Waals surface area contributed by atoms with Crippen LogP contribution in [-0.2, 0) is 4.79 Å². The number of carboxylic acid groups (broad SMARTS) is 1. The lowest BCUT2D eigenvalue weighted by molar-refractivity contribution is -0.402. The van der Waals surface area contributed by atoms with Crippen molar-refractivity contribution in [3.05, 3.63) is 48.8 Å². The average molecular weight is 271 g/mol. The Labute approximate surface area is 106 Å². The number of carbonyl (C=O) groups is 1. The minimum absolute atomic E-state index is 1.10. The Bertz CT molecular complexity index is 478. The van der Waals surface area contributed by atoms with Crippen molar-refractivity contribution in [1.82, 2.24) is 0 Å². The van der Waals surface area contributed by atoms with Crippen LogP contribution in [0.2, 0.25) is 0 Å². The van der Waals surface area contributed by atoms with E-state index in [1.54, 1.807) is 0 Å². The van der Waals surface area contributed by atoms with E-state index in [9.17, 15) is 13.2 Å². The molecule has 0 atom stereocenters. The Morgan fingerprint density at radius 3 is 1.53 bits per heavy atom. The van der Waals surface area contributed by atoms with Gasteiger partial charge in [0.05, 0.1) is 0 Å². The van der Waals surface area contributed by atoms with Gasteiger partial charge in [-0.05, 0) is 12.1 Å². The molecule has 2 aromatic heterocycles. The second kappa shape index (κ2) is 6.48. The first kappa shape index (κ1) is 14.6. The summed E-state index contributed by atoms with van der Waals surface area (Å²) >= 11 is 0. The SMILES string of the molecule is O=C([O-])C(F)(F)F.c1ccc(-c2cccc[nH+]2)[nH+]c1. The van der Waals surface area contributed by atoms with Gasteiger partial charge in [-0.2, -0.15) is 13.2 Å². The predicted octanol–water partition coefficient (Wildman–Crippen LogP) is 0.280. The molecular weight excluding hydrogens is 261 g/mol. The van der Waals surface area contributed by atoms with Crippen molar-refractivity contribution in [3.63, 3.8) is 0 Å². The van der Waals surface area contributed by atoms with E-state index in [0.717, 1.165) is 11.4 Å². The molecule has 0 saturated carbocycles. The molecule has 0 unspecified atom stereocenters. The van der Waals surface area contributed by atoms with Crippen molar-refractivity contribution in [1.29, 1.82) is 0 Å². The Morgan fingerprint density at radius 1 is 0.947 bits per heavy atom. The number of hydrogen-bond donors (Lipinski definition) is 0. The van der Waals surface area contributed by atoms with E-state index in [2.05, 4.69) is 9.97 Å². The fourth-order valence-corrected chi connectivity index (χ4v) is 1.12. The molecule has 0 spiro atoms. The minimum atomic E-state index is -5.19. The number of carboxylic acids is 1. The highest BCUT2D eigenvalue weighted by atomic mass is 19.4. The molecular formula is C12H10F3N2O2+. The van der Waals surface area contributed by atoms with Crippen molar-refractivity contribution in [3.8, 4) is 11.4 Å². The fraction of sp³-hybridized carbons (Fsp3) is 0.0833. The molecule has 0 saturated heterocycles. The monoisotopic (exact) mass is 271 g/mol. The lowest BCUT2D eigenvalue weighted by Crippen LogP contribution is -2.37. The number of halogens is 3. The molecule has 4 nitrogen and oxygen atoms in total. The smallest absolute Gasteiger partial charge is 0.430 e. The molecule has 2 rings (SSSR count). The molecule has 0 radical (unpaired) electrons. The van der Waals surface area contributed by atoms with Gasteiger partial charge in [-0.25, -0.2) is 9.97 Å². The van der Waals surface area contributed by atoms with Crippen LogP contribution in [0, 0.1) is 0 Å². The summed E-state index contributed by atoms with van der Waals surface area (Å²) in [5.74, 6) is -3.01. The number of nitrogens with one attached hydrogen (secondary N) is 2. The summed E-state index contributed by atoms with van der Waals surface area (Å²) in [6, 6.07) is 12.0. The molecule has 100 valence electrons. The number of carbonyl (C=O) groups excluding carboxylic acids is 1. The van der Waals surface area contributed by atoms with Crippen LogP contribution in [0.25, 0.3) is 11.4 Å². The molecule has 0 fully saturated rings. The summed E-state index contributed by atoms with van der Waals surface area (Å²) in [6.07, 6.45) is -1.37. The van der Waals surface area contributed by atoms with Crippen LogP contribution in [0.1, 0.15) is 0 Å². The first-order chi connectivity index (χ1) is 8.91. The quantitative estimate of drug-likeness (QED) is 0.747. The van der Waals surface area contributed by atoms with E-state index in [4.69, 9.17) is 9.90 Å². The molecule has 2 N–H and O–H groups in total. The van der Waals surface area contributed by atoms with E-state index in [1.165, 1.54) is 0 Å². The molecule has 0 aliphatic heterocycles. The van der Waals surface area contributed by atoms with Gasteiger partial charge in [0.1, 0.15) is 5.97 Å². The van der Waals surface area contributed by atoms with Gasteiger partial charge in [0.15, 0.2) is 12.4 Å². The van der Waals surface area contributed by atoms with Crippen molar-refractivity contribution in [2.24, 2.45) is 0 Å². The molecule has 0 aromatic carbocycles. The maximum Gasteiger partial charge on any atom is 0.430 e. The number of aromatic nitrogens is 2. The second-order valence-corrected chi connectivity index (χ2v) is 3.34. The summed E-state index contributed by atoms with van der Waals surface area (Å²) in [5.41, 5.74) is 2.19. The van der Waals surface area contributed by atoms with E-state index < -0.39 is 12.1 Å². The van der Waals surface area contributed by atoms with Crippen LogP contribution in [0.5, 0.6) is 0 Å². The Hall–Kier alpha value is -2.44. The van der Waals surface area contributed by atoms with Crippen LogP contribution in [0.15, 0.2) is 48.8 Å². The lowest BCUT2D eigenvalue weighted by atomic mass is 10.2. The Kier molecular flexibility index (Phi) is 4.99. The summed E-state index contributed by atoms with van der Waals surface area (Å²) in [7, 11) is 0. The van der Waals surface area contributed by atoms with Crippen LogP contribution in [0.4, 0.5) is 13.2 Å². The fourth-order valence-electron chi connectivity index (χ4n) is 1.12. The Morgan fingerprint density at radius 2 is 1.32 bits per heavy atom. The van der Waals surface area contributed by atoms with Gasteiger partial charge < -0.3 is 9.90 Å². The van der Waals surface area contributed by atoms with E-state index >= 15 is 0 Å². The van der Waals surface area contributed by atoms with E-state index in [-0.39, 0.29) is 0 Å². The molecule has 0 bridgehead atoms. The van der Waals surface area contributed by atoms with E-state index in [0.29, 0.717) is 0 Å². The van der Waals surface area contributed by atoms with Crippen molar-refractivity contribution in [2.45, 2.75) is 6.18 Å². The normalized spacial score (nSPS) is 10.3. The van der Waals surface area contributed by atoms with Crippen LogP contribution in [0.3, 0.4) is 0 Å². The topological polar surface area (TPSA) is 68.4 Å². The molecule has 7 heteroatoms. The summed E-state index contributed by atoms with van der Waals surface area (Å²) in [5, 5.41) is 8.78. The number of pyridine rings is 2. The molecule has 0 amide bonds. The summed E-state index contributed by atoms with van der Waals surface area (Å²) < 4.78 is 31.5. The van der Waals surface area contributed by atoms with Gasteiger partial charge in [-0.15, -0.1) is 0 Å². The highest BCUT2D eigenvalue weighted by Gasteiger charge is 2.28. The van der Waals surface area contributed by atoms with Crippen LogP contribution in [-0.4, -0.2) is 12.1 Å². The van der Waals surface area contributed by atoms with E-state index in [1.807, 2.05) is 48.8 Å². The van der Waals surface area contributed by atoms with Crippen LogP contribution >= 0.6 is 0 Å². The largest absolute Gasteiger partial charge is 0.542 e. The van der Waals surface area contributed by atoms with Gasteiger partial charge in [0.25, 0.3) is 11.4 Å². The molecule has 2 heterocycles. The molecule has 0 aliphatic rings. The van der Waals surface area contributed by atoms with Crippen molar-refractivity contribution in [2.75, 3.05) is 0 Å². The number of rotatable bonds is 1. The first-order valence-corrected chi connectivity index (χ1v) is 5.13. The number of aliphatic carboxylic acids is 1. The van der Waals surface area contributed by atoms with Gasteiger partial charge in [0, 0.05) is 24.3 Å². The standard InChI is InChI=1S/C10H8N2.C2HF3O2/c1-3-7-11-9(5-1)10-6-2-4-8-12-10;3-2(4,5)1(6)7/h1-8H;(H,6,7)/p+1. The zero-order valence-electron chi connectivity index (χ0n) is 9.57. The van der Waals surface area contributed by atoms with Gasteiger partial charge in [-0.1, -0.05) is 0 Å². The second-order valence-electron chi connectivity index (χ2n) is 3.34. The third kappa shape index (κ3) is 5.15.